The molecule has 1 aromatic carbocycles. The van der Waals surface area contributed by atoms with Gasteiger partial charge in [-0.25, -0.2) is 9.98 Å². The highest BCUT2D eigenvalue weighted by atomic mass is 16.3. The summed E-state index contributed by atoms with van der Waals surface area (Å²) in [6.07, 6.45) is 6.98. The molecule has 12 heteroatoms. The fraction of sp³-hybridized carbons (Fsp3) is 0.406. The van der Waals surface area contributed by atoms with Crippen LogP contribution in [0.25, 0.3) is 11.0 Å². The molecule has 1 unspecified atom stereocenters. The maximum Gasteiger partial charge on any atom is 0.271 e. The summed E-state index contributed by atoms with van der Waals surface area (Å²) in [5, 5.41) is 3.57. The number of hydrogen-bond donors (Lipinski definition) is 1. The second-order valence-electron chi connectivity index (χ2n) is 11.3. The van der Waals surface area contributed by atoms with E-state index in [4.69, 9.17) is 4.42 Å². The Morgan fingerprint density at radius 2 is 1.84 bits per heavy atom. The van der Waals surface area contributed by atoms with Crippen molar-refractivity contribution in [1.82, 2.24) is 25.0 Å². The minimum absolute atomic E-state index is 0.0141. The molecule has 0 radical (unpaired) electrons. The number of guanidine groups is 1. The Hall–Kier alpha value is -4.87. The summed E-state index contributed by atoms with van der Waals surface area (Å²) in [5.74, 6) is -0.816. The summed E-state index contributed by atoms with van der Waals surface area (Å²) in [6.45, 7) is 3.91. The maximum atomic E-state index is 13.5. The van der Waals surface area contributed by atoms with E-state index in [1.165, 1.54) is 29.4 Å². The van der Waals surface area contributed by atoms with Gasteiger partial charge in [-0.1, -0.05) is 6.42 Å². The van der Waals surface area contributed by atoms with E-state index < -0.39 is 11.8 Å². The number of furan rings is 1. The molecule has 2 aliphatic rings. The Balaban J connectivity index is 1.38. The van der Waals surface area contributed by atoms with Crippen LogP contribution in [-0.2, 0) is 9.59 Å². The van der Waals surface area contributed by atoms with Crippen molar-refractivity contribution in [3.8, 4) is 0 Å². The Kier molecular flexibility index (Phi) is 9.47. The van der Waals surface area contributed by atoms with E-state index in [0.29, 0.717) is 24.2 Å². The average molecular weight is 600 g/mol. The summed E-state index contributed by atoms with van der Waals surface area (Å²) < 4.78 is 5.66. The molecule has 0 saturated carbocycles. The molecule has 3 aromatic rings. The van der Waals surface area contributed by atoms with Crippen LogP contribution in [-0.4, -0.2) is 95.8 Å². The second-order valence-corrected chi connectivity index (χ2v) is 11.3. The van der Waals surface area contributed by atoms with Crippen LogP contribution >= 0.6 is 0 Å². The molecular weight excluding hydrogens is 562 g/mol. The standard InChI is InChI=1S/C32H37N7O5/c1-21-16-24-17-25(10-12-27(24)44-21)35-32(36-29(41)22-9-11-26(33-18-22)31(43)37(2)3)34-19-23-8-4-5-15-39(30(23)42)20-28(40)38-13-6-7-14-38/h9-12,16-19,23H,4-8,13-15,20H2,1-3H3,(H,35,36,41)/b34-19-. The van der Waals surface area contributed by atoms with Gasteiger partial charge in [-0.3, -0.25) is 29.5 Å². The molecule has 4 amide bonds. The monoisotopic (exact) mass is 599 g/mol. The van der Waals surface area contributed by atoms with Crippen molar-refractivity contribution >= 4 is 52.5 Å². The van der Waals surface area contributed by atoms with Gasteiger partial charge < -0.3 is 19.1 Å². The molecule has 0 aliphatic carbocycles. The molecule has 2 saturated heterocycles. The second kappa shape index (κ2) is 13.6. The fourth-order valence-corrected chi connectivity index (χ4v) is 5.32. The van der Waals surface area contributed by atoms with Crippen LogP contribution in [0.1, 0.15) is 58.7 Å². The largest absolute Gasteiger partial charge is 0.461 e. The molecule has 2 aromatic heterocycles. The molecule has 230 valence electrons. The molecule has 2 aliphatic heterocycles. The van der Waals surface area contributed by atoms with E-state index in [2.05, 4.69) is 20.3 Å². The topological polar surface area (TPSA) is 141 Å². The minimum atomic E-state index is -0.567. The van der Waals surface area contributed by atoms with E-state index in [1.807, 2.05) is 24.0 Å². The number of nitrogens with one attached hydrogen (secondary N) is 1. The molecular formula is C32H37N7O5. The highest BCUT2D eigenvalue weighted by Crippen LogP contribution is 2.24. The van der Waals surface area contributed by atoms with E-state index >= 15 is 0 Å². The molecule has 0 bridgehead atoms. The first-order valence-corrected chi connectivity index (χ1v) is 14.9. The van der Waals surface area contributed by atoms with Crippen LogP contribution in [0, 0.1) is 12.8 Å². The lowest BCUT2D eigenvalue weighted by molar-refractivity contribution is -0.140. The van der Waals surface area contributed by atoms with Gasteiger partial charge >= 0.3 is 0 Å². The number of aryl methyl sites for hydroxylation is 1. The lowest BCUT2D eigenvalue weighted by Gasteiger charge is -2.25. The first kappa shape index (κ1) is 30.6. The van der Waals surface area contributed by atoms with Gasteiger partial charge in [0, 0.05) is 51.5 Å². The number of rotatable bonds is 6. The third kappa shape index (κ3) is 7.36. The molecule has 44 heavy (non-hydrogen) atoms. The van der Waals surface area contributed by atoms with E-state index in [-0.39, 0.29) is 41.5 Å². The number of aromatic nitrogens is 1. The smallest absolute Gasteiger partial charge is 0.271 e. The van der Waals surface area contributed by atoms with E-state index in [1.54, 1.807) is 31.1 Å². The SMILES string of the molecule is Cc1cc2cc(N=C(/N=C\C3CCCCN(CC(=O)N4CCCC4)C3=O)NC(=O)c3ccc(C(=O)N(C)C)nc3)ccc2o1. The number of hydrogen-bond acceptors (Lipinski definition) is 7. The number of likely N-dealkylation sites (tertiary alicyclic amines) is 2. The van der Waals surface area contributed by atoms with Crippen LogP contribution in [0.5, 0.6) is 0 Å². The number of benzene rings is 1. The van der Waals surface area contributed by atoms with Crippen molar-refractivity contribution in [3.63, 3.8) is 0 Å². The summed E-state index contributed by atoms with van der Waals surface area (Å²) in [6, 6.07) is 10.2. The van der Waals surface area contributed by atoms with Gasteiger partial charge in [-0.2, -0.15) is 0 Å². The zero-order valence-electron chi connectivity index (χ0n) is 25.3. The number of fused-ring (bicyclic) bond motifs is 1. The van der Waals surface area contributed by atoms with Gasteiger partial charge in [0.1, 0.15) is 17.0 Å². The number of carbonyl (C=O) groups is 4. The van der Waals surface area contributed by atoms with Gasteiger partial charge in [-0.05, 0) is 69.0 Å². The molecule has 5 rings (SSSR count). The van der Waals surface area contributed by atoms with E-state index in [0.717, 1.165) is 49.9 Å². The average Bonchev–Trinajstić information content (AvgIpc) is 3.65. The lowest BCUT2D eigenvalue weighted by Crippen LogP contribution is -2.44. The summed E-state index contributed by atoms with van der Waals surface area (Å²) in [5.41, 5.74) is 1.66. The molecule has 4 heterocycles. The zero-order chi connectivity index (χ0) is 31.2. The summed E-state index contributed by atoms with van der Waals surface area (Å²) in [7, 11) is 3.24. The van der Waals surface area contributed by atoms with Crippen LogP contribution in [0.4, 0.5) is 5.69 Å². The van der Waals surface area contributed by atoms with Crippen molar-refractivity contribution in [2.24, 2.45) is 15.9 Å². The van der Waals surface area contributed by atoms with Gasteiger partial charge in [0.05, 0.1) is 23.7 Å². The Morgan fingerprint density at radius 3 is 2.57 bits per heavy atom. The first-order chi connectivity index (χ1) is 21.2. The van der Waals surface area contributed by atoms with Crippen LogP contribution in [0.15, 0.2) is 57.0 Å². The normalized spacial score (nSPS) is 17.8. The summed E-state index contributed by atoms with van der Waals surface area (Å²) >= 11 is 0. The predicted octanol–water partition coefficient (Wildman–Crippen LogP) is 3.58. The van der Waals surface area contributed by atoms with Crippen molar-refractivity contribution in [2.45, 2.75) is 39.0 Å². The first-order valence-electron chi connectivity index (χ1n) is 14.9. The quantitative estimate of drug-likeness (QED) is 0.339. The van der Waals surface area contributed by atoms with E-state index in [9.17, 15) is 19.2 Å². The number of aliphatic imine (C=N–C) groups is 2. The molecule has 1 atom stereocenters. The number of pyridine rings is 1. The molecule has 2 fully saturated rings. The van der Waals surface area contributed by atoms with Crippen molar-refractivity contribution < 1.29 is 23.6 Å². The van der Waals surface area contributed by atoms with Gasteiger partial charge in [0.15, 0.2) is 0 Å². The maximum absolute atomic E-state index is 13.5. The fourth-order valence-electron chi connectivity index (χ4n) is 5.32. The third-order valence-electron chi connectivity index (χ3n) is 7.72. The van der Waals surface area contributed by atoms with Crippen molar-refractivity contribution in [1.29, 1.82) is 0 Å². The Labute approximate surface area is 255 Å². The van der Waals surface area contributed by atoms with Crippen LogP contribution in [0.2, 0.25) is 0 Å². The predicted molar refractivity (Wildman–Crippen MR) is 166 cm³/mol. The minimum Gasteiger partial charge on any atom is -0.461 e. The Bertz CT molecular complexity index is 1600. The van der Waals surface area contributed by atoms with Gasteiger partial charge in [-0.15, -0.1) is 0 Å². The molecule has 0 spiro atoms. The zero-order valence-corrected chi connectivity index (χ0v) is 25.3. The molecule has 1 N–H and O–H groups in total. The lowest BCUT2D eigenvalue weighted by atomic mass is 10.0. The third-order valence-corrected chi connectivity index (χ3v) is 7.72. The Morgan fingerprint density at radius 1 is 1.07 bits per heavy atom. The van der Waals surface area contributed by atoms with Crippen molar-refractivity contribution in [3.05, 3.63) is 59.6 Å². The number of amides is 4. The highest BCUT2D eigenvalue weighted by Gasteiger charge is 2.29. The van der Waals surface area contributed by atoms with Crippen LogP contribution < -0.4 is 5.32 Å². The highest BCUT2D eigenvalue weighted by molar-refractivity contribution is 6.09. The number of nitrogens with zero attached hydrogens (tertiary/aromatic N) is 6. The van der Waals surface area contributed by atoms with Gasteiger partial charge in [0.25, 0.3) is 11.8 Å². The van der Waals surface area contributed by atoms with Crippen LogP contribution in [0.3, 0.4) is 0 Å². The summed E-state index contributed by atoms with van der Waals surface area (Å²) in [4.78, 5) is 69.7. The van der Waals surface area contributed by atoms with Crippen molar-refractivity contribution in [2.75, 3.05) is 40.3 Å². The van der Waals surface area contributed by atoms with Gasteiger partial charge in [0.2, 0.25) is 17.8 Å². The number of carbonyl (C=O) groups excluding carboxylic acids is 4. The molecule has 12 nitrogen and oxygen atoms in total.